The number of hydrogen-bond donors (Lipinski definition) is 1. The van der Waals surface area contributed by atoms with E-state index in [-0.39, 0.29) is 5.91 Å². The molecule has 1 aromatic heterocycles. The van der Waals surface area contributed by atoms with Crippen LogP contribution < -0.4 is 10.2 Å². The van der Waals surface area contributed by atoms with E-state index in [9.17, 15) is 9.59 Å². The van der Waals surface area contributed by atoms with Crippen molar-refractivity contribution in [2.24, 2.45) is 5.10 Å². The normalized spacial score (nSPS) is 11.0. The smallest absolute Gasteiger partial charge is 0.355 e. The summed E-state index contributed by atoms with van der Waals surface area (Å²) in [6, 6.07) is 20.8. The maximum absolute atomic E-state index is 12.6. The number of ether oxygens (including phenoxy) is 1. The van der Waals surface area contributed by atoms with Gasteiger partial charge in [-0.3, -0.25) is 4.79 Å². The second-order valence-corrected chi connectivity index (χ2v) is 8.28. The number of thiophene rings is 1. The zero-order chi connectivity index (χ0) is 21.8. The molecule has 1 heterocycles. The molecule has 1 N–H and O–H groups in total. The first kappa shape index (κ1) is 21.1. The van der Waals surface area contributed by atoms with Gasteiger partial charge in [-0.15, -0.1) is 11.3 Å². The minimum absolute atomic E-state index is 0.337. The molecule has 8 heteroatoms. The first-order valence-corrected chi connectivity index (χ1v) is 10.7. The molecule has 0 spiro atoms. The molecule has 154 valence electrons. The maximum atomic E-state index is 12.6. The van der Waals surface area contributed by atoms with Gasteiger partial charge in [0.15, 0.2) is 0 Å². The Balaban J connectivity index is 1.44. The number of esters is 1. The van der Waals surface area contributed by atoms with Crippen molar-refractivity contribution in [3.05, 3.63) is 98.8 Å². The summed E-state index contributed by atoms with van der Waals surface area (Å²) in [4.78, 5) is 25.0. The molecule has 31 heavy (non-hydrogen) atoms. The van der Waals surface area contributed by atoms with Crippen LogP contribution in [-0.2, 0) is 0 Å². The van der Waals surface area contributed by atoms with Crippen LogP contribution in [0.25, 0.3) is 10.1 Å². The van der Waals surface area contributed by atoms with Crippen molar-refractivity contribution in [1.82, 2.24) is 5.43 Å². The Hall–Kier alpha value is -3.19. The Kier molecular flexibility index (Phi) is 6.32. The van der Waals surface area contributed by atoms with E-state index in [0.29, 0.717) is 31.8 Å². The number of hydrazone groups is 1. The monoisotopic (exact) mass is 468 g/mol. The van der Waals surface area contributed by atoms with Gasteiger partial charge in [-0.05, 0) is 42.0 Å². The Labute approximate surface area is 191 Å². The number of hydrogen-bond acceptors (Lipinski definition) is 5. The van der Waals surface area contributed by atoms with Gasteiger partial charge in [-0.1, -0.05) is 59.6 Å². The van der Waals surface area contributed by atoms with E-state index >= 15 is 0 Å². The number of nitrogens with one attached hydrogen (secondary N) is 1. The highest BCUT2D eigenvalue weighted by Gasteiger charge is 2.19. The van der Waals surface area contributed by atoms with Gasteiger partial charge in [0.1, 0.15) is 10.6 Å². The Bertz CT molecular complexity index is 1320. The zero-order valence-electron chi connectivity index (χ0n) is 15.8. The average Bonchev–Trinajstić information content (AvgIpc) is 3.11. The minimum atomic E-state index is -0.533. The molecule has 4 aromatic rings. The molecule has 0 aliphatic rings. The van der Waals surface area contributed by atoms with E-state index in [1.54, 1.807) is 48.5 Å². The van der Waals surface area contributed by atoms with Crippen LogP contribution in [0.2, 0.25) is 10.0 Å². The Morgan fingerprint density at radius 3 is 2.58 bits per heavy atom. The molecule has 0 saturated carbocycles. The van der Waals surface area contributed by atoms with Crippen molar-refractivity contribution in [3.8, 4) is 5.75 Å². The minimum Gasteiger partial charge on any atom is -0.422 e. The Morgan fingerprint density at radius 1 is 0.968 bits per heavy atom. The molecule has 0 fully saturated rings. The lowest BCUT2D eigenvalue weighted by Gasteiger charge is -2.04. The third-order valence-corrected chi connectivity index (χ3v) is 6.15. The summed E-state index contributed by atoms with van der Waals surface area (Å²) in [5.74, 6) is -0.584. The topological polar surface area (TPSA) is 67.8 Å². The maximum Gasteiger partial charge on any atom is 0.355 e. The van der Waals surface area contributed by atoms with Gasteiger partial charge < -0.3 is 4.74 Å². The summed E-state index contributed by atoms with van der Waals surface area (Å²) in [7, 11) is 0. The number of rotatable bonds is 5. The second kappa shape index (κ2) is 9.31. The summed E-state index contributed by atoms with van der Waals surface area (Å²) in [6.07, 6.45) is 1.45. The standard InChI is InChI=1S/C23H14Cl2N2O3S/c24-16-7-4-6-15(12-16)22(28)27-26-13-14-5-3-8-17(11-14)30-23(29)21-20(25)18-9-1-2-10-19(18)31-21/h1-13H,(H,27,28)/b26-13+. The number of halogens is 2. The highest BCUT2D eigenvalue weighted by atomic mass is 35.5. The Morgan fingerprint density at radius 2 is 1.77 bits per heavy atom. The van der Waals surface area contributed by atoms with Crippen molar-refractivity contribution in [1.29, 1.82) is 0 Å². The van der Waals surface area contributed by atoms with Crippen LogP contribution in [0.4, 0.5) is 0 Å². The van der Waals surface area contributed by atoms with Crippen molar-refractivity contribution in [3.63, 3.8) is 0 Å². The van der Waals surface area contributed by atoms with Gasteiger partial charge in [-0.2, -0.15) is 5.10 Å². The molecular formula is C23H14Cl2N2O3S. The molecule has 0 unspecified atom stereocenters. The number of amides is 1. The average molecular weight is 469 g/mol. The highest BCUT2D eigenvalue weighted by Crippen LogP contribution is 2.35. The molecule has 1 amide bonds. The number of fused-ring (bicyclic) bond motifs is 1. The molecule has 3 aromatic carbocycles. The first-order chi connectivity index (χ1) is 15.0. The predicted octanol–water partition coefficient (Wildman–Crippen LogP) is 6.19. The van der Waals surface area contributed by atoms with E-state index in [1.807, 2.05) is 24.3 Å². The summed E-state index contributed by atoms with van der Waals surface area (Å²) in [5, 5.41) is 5.60. The van der Waals surface area contributed by atoms with Crippen LogP contribution in [0.3, 0.4) is 0 Å². The summed E-state index contributed by atoms with van der Waals surface area (Å²) in [6.45, 7) is 0. The van der Waals surface area contributed by atoms with Crippen molar-refractivity contribution in [2.45, 2.75) is 0 Å². The summed E-state index contributed by atoms with van der Waals surface area (Å²) in [5.41, 5.74) is 3.47. The fraction of sp³-hybridized carbons (Fsp3) is 0. The lowest BCUT2D eigenvalue weighted by molar-refractivity contribution is 0.0740. The molecule has 0 radical (unpaired) electrons. The van der Waals surface area contributed by atoms with Gasteiger partial charge in [-0.25, -0.2) is 10.2 Å². The van der Waals surface area contributed by atoms with E-state index < -0.39 is 5.97 Å². The molecule has 4 rings (SSSR count). The number of benzene rings is 3. The fourth-order valence-electron chi connectivity index (χ4n) is 2.82. The van der Waals surface area contributed by atoms with Crippen LogP contribution >= 0.6 is 34.5 Å². The predicted molar refractivity (Wildman–Crippen MR) is 125 cm³/mol. The van der Waals surface area contributed by atoms with Crippen molar-refractivity contribution < 1.29 is 14.3 Å². The zero-order valence-corrected chi connectivity index (χ0v) is 18.2. The second-order valence-electron chi connectivity index (χ2n) is 6.41. The van der Waals surface area contributed by atoms with E-state index in [4.69, 9.17) is 27.9 Å². The molecule has 0 aliphatic carbocycles. The highest BCUT2D eigenvalue weighted by molar-refractivity contribution is 7.21. The first-order valence-electron chi connectivity index (χ1n) is 9.09. The van der Waals surface area contributed by atoms with Crippen LogP contribution in [0, 0.1) is 0 Å². The fourth-order valence-corrected chi connectivity index (χ4v) is 4.39. The molecule has 5 nitrogen and oxygen atoms in total. The van der Waals surface area contributed by atoms with Crippen LogP contribution in [0.15, 0.2) is 77.9 Å². The molecule has 0 aliphatic heterocycles. The van der Waals surface area contributed by atoms with Gasteiger partial charge in [0.25, 0.3) is 5.91 Å². The van der Waals surface area contributed by atoms with Crippen molar-refractivity contribution in [2.75, 3.05) is 0 Å². The summed E-state index contributed by atoms with van der Waals surface area (Å²) < 4.78 is 6.40. The van der Waals surface area contributed by atoms with Gasteiger partial charge >= 0.3 is 5.97 Å². The van der Waals surface area contributed by atoms with Gasteiger partial charge in [0.2, 0.25) is 0 Å². The molecular weight excluding hydrogens is 455 g/mol. The van der Waals surface area contributed by atoms with E-state index in [2.05, 4.69) is 10.5 Å². The third kappa shape index (κ3) is 4.94. The molecule has 0 saturated heterocycles. The number of carbonyl (C=O) groups excluding carboxylic acids is 2. The van der Waals surface area contributed by atoms with E-state index in [0.717, 1.165) is 10.1 Å². The summed E-state index contributed by atoms with van der Waals surface area (Å²) >= 11 is 13.5. The van der Waals surface area contributed by atoms with Crippen LogP contribution in [0.5, 0.6) is 5.75 Å². The third-order valence-electron chi connectivity index (χ3n) is 4.26. The SMILES string of the molecule is O=C(N/N=C/c1cccc(OC(=O)c2sc3ccccc3c2Cl)c1)c1cccc(Cl)c1. The van der Waals surface area contributed by atoms with Crippen LogP contribution in [0.1, 0.15) is 25.6 Å². The quantitative estimate of drug-likeness (QED) is 0.164. The van der Waals surface area contributed by atoms with Gasteiger partial charge in [0.05, 0.1) is 11.2 Å². The molecule has 0 atom stereocenters. The van der Waals surface area contributed by atoms with Crippen LogP contribution in [-0.4, -0.2) is 18.1 Å². The van der Waals surface area contributed by atoms with Gasteiger partial charge in [0, 0.05) is 20.7 Å². The molecule has 0 bridgehead atoms. The lowest BCUT2D eigenvalue weighted by Crippen LogP contribution is -2.17. The van der Waals surface area contributed by atoms with E-state index in [1.165, 1.54) is 17.6 Å². The number of nitrogens with zero attached hydrogens (tertiary/aromatic N) is 1. The largest absolute Gasteiger partial charge is 0.422 e. The number of carbonyl (C=O) groups is 2. The van der Waals surface area contributed by atoms with Crippen molar-refractivity contribution >= 4 is 62.7 Å². The lowest BCUT2D eigenvalue weighted by atomic mass is 10.2.